The molecule has 1 aliphatic rings. The normalized spacial score (nSPS) is 16.2. The van der Waals surface area contributed by atoms with Crippen molar-refractivity contribution in [1.82, 2.24) is 15.6 Å². The van der Waals surface area contributed by atoms with Crippen LogP contribution in [0.2, 0.25) is 0 Å². The zero-order valence-electron chi connectivity index (χ0n) is 15.6. The summed E-state index contributed by atoms with van der Waals surface area (Å²) in [6.07, 6.45) is 11.3. The molecule has 0 atom stereocenters. The fourth-order valence-corrected chi connectivity index (χ4v) is 3.66. The number of nitrogens with zero attached hydrogens (tertiary/aromatic N) is 2. The molecule has 0 aromatic carbocycles. The molecule has 2 rings (SSSR count). The zero-order chi connectivity index (χ0) is 17.0. The van der Waals surface area contributed by atoms with Crippen LogP contribution in [0.5, 0.6) is 0 Å². The van der Waals surface area contributed by atoms with E-state index in [0.29, 0.717) is 12.6 Å². The van der Waals surface area contributed by atoms with E-state index in [0.717, 1.165) is 37.1 Å². The van der Waals surface area contributed by atoms with Crippen LogP contribution in [0.3, 0.4) is 0 Å². The molecule has 1 aliphatic carbocycles. The summed E-state index contributed by atoms with van der Waals surface area (Å²) < 4.78 is 6.02. The Labute approximate surface area is 173 Å². The molecular weight excluding hydrogens is 447 g/mol. The molecule has 0 aliphatic heterocycles. The van der Waals surface area contributed by atoms with Crippen LogP contribution in [0.25, 0.3) is 0 Å². The van der Waals surface area contributed by atoms with E-state index in [4.69, 9.17) is 4.74 Å². The topological polar surface area (TPSA) is 58.5 Å². The van der Waals surface area contributed by atoms with Gasteiger partial charge >= 0.3 is 0 Å². The van der Waals surface area contributed by atoms with Crippen molar-refractivity contribution >= 4 is 41.3 Å². The number of rotatable bonds is 8. The Morgan fingerprint density at radius 3 is 2.64 bits per heavy atom. The zero-order valence-corrected chi connectivity index (χ0v) is 18.7. The lowest BCUT2D eigenvalue weighted by molar-refractivity contribution is 0.0468. The molecule has 25 heavy (non-hydrogen) atoms. The van der Waals surface area contributed by atoms with Gasteiger partial charge in [0.2, 0.25) is 0 Å². The lowest BCUT2D eigenvalue weighted by Crippen LogP contribution is -2.39. The molecule has 7 heteroatoms. The van der Waals surface area contributed by atoms with E-state index in [2.05, 4.69) is 34.5 Å². The molecule has 1 aromatic rings. The van der Waals surface area contributed by atoms with Crippen molar-refractivity contribution in [1.29, 1.82) is 0 Å². The Hall–Kier alpha value is -0.410. The van der Waals surface area contributed by atoms with Crippen LogP contribution in [0.1, 0.15) is 62.3 Å². The van der Waals surface area contributed by atoms with Gasteiger partial charge in [0.15, 0.2) is 5.96 Å². The highest BCUT2D eigenvalue weighted by molar-refractivity contribution is 14.0. The molecule has 5 nitrogen and oxygen atoms in total. The van der Waals surface area contributed by atoms with Gasteiger partial charge in [-0.1, -0.05) is 32.6 Å². The van der Waals surface area contributed by atoms with E-state index in [1.807, 2.05) is 6.20 Å². The summed E-state index contributed by atoms with van der Waals surface area (Å²) in [5.74, 6) is 0.843. The molecule has 1 heterocycles. The summed E-state index contributed by atoms with van der Waals surface area (Å²) in [6.45, 7) is 7.25. The number of halogens is 1. The van der Waals surface area contributed by atoms with Gasteiger partial charge in [-0.3, -0.25) is 0 Å². The highest BCUT2D eigenvalue weighted by Gasteiger charge is 2.12. The average molecular weight is 480 g/mol. The quantitative estimate of drug-likeness (QED) is 0.193. The molecule has 1 saturated carbocycles. The lowest BCUT2D eigenvalue weighted by Gasteiger charge is -2.16. The average Bonchev–Trinajstić information content (AvgIpc) is 2.91. The molecule has 0 unspecified atom stereocenters. The van der Waals surface area contributed by atoms with E-state index in [-0.39, 0.29) is 24.0 Å². The SMILES string of the molecule is CCNC(=NCc1ncc(CC)s1)NCCOC1CCCCCC1.I. The first kappa shape index (κ1) is 22.6. The van der Waals surface area contributed by atoms with Gasteiger partial charge in [0.1, 0.15) is 5.01 Å². The third-order valence-electron chi connectivity index (χ3n) is 4.22. The second-order valence-electron chi connectivity index (χ2n) is 6.18. The van der Waals surface area contributed by atoms with Gasteiger partial charge in [0, 0.05) is 24.2 Å². The first-order valence-corrected chi connectivity index (χ1v) is 10.2. The Bertz CT molecular complexity index is 487. The van der Waals surface area contributed by atoms with Crippen LogP contribution in [0.4, 0.5) is 0 Å². The van der Waals surface area contributed by atoms with Crippen molar-refractivity contribution < 1.29 is 4.74 Å². The van der Waals surface area contributed by atoms with Gasteiger partial charge in [-0.25, -0.2) is 9.98 Å². The minimum Gasteiger partial charge on any atom is -0.376 e. The first-order valence-electron chi connectivity index (χ1n) is 9.39. The van der Waals surface area contributed by atoms with Crippen molar-refractivity contribution in [2.24, 2.45) is 4.99 Å². The van der Waals surface area contributed by atoms with Crippen molar-refractivity contribution in [3.05, 3.63) is 16.1 Å². The molecule has 2 N–H and O–H groups in total. The number of aromatic nitrogens is 1. The number of aryl methyl sites for hydroxylation is 1. The van der Waals surface area contributed by atoms with Crippen LogP contribution in [-0.2, 0) is 17.7 Å². The fourth-order valence-electron chi connectivity index (χ4n) is 2.88. The number of nitrogens with one attached hydrogen (secondary N) is 2. The highest BCUT2D eigenvalue weighted by Crippen LogP contribution is 2.19. The standard InChI is InChI=1S/C18H32N4OS.HI/c1-3-16-13-21-17(24-16)14-22-18(19-4-2)20-11-12-23-15-9-7-5-6-8-10-15;/h13,15H,3-12,14H2,1-2H3,(H2,19,20,22);1H. The number of ether oxygens (including phenoxy) is 1. The van der Waals surface area contributed by atoms with Gasteiger partial charge in [-0.15, -0.1) is 35.3 Å². The van der Waals surface area contributed by atoms with Gasteiger partial charge in [-0.05, 0) is 26.2 Å². The number of hydrogen-bond acceptors (Lipinski definition) is 4. The summed E-state index contributed by atoms with van der Waals surface area (Å²) in [4.78, 5) is 10.3. The number of guanidine groups is 1. The molecular formula is C18H33IN4OS. The third kappa shape index (κ3) is 9.19. The lowest BCUT2D eigenvalue weighted by atomic mass is 10.1. The third-order valence-corrected chi connectivity index (χ3v) is 5.34. The molecule has 1 fully saturated rings. The van der Waals surface area contributed by atoms with Gasteiger partial charge in [-0.2, -0.15) is 0 Å². The molecule has 0 spiro atoms. The van der Waals surface area contributed by atoms with E-state index in [1.165, 1.54) is 43.4 Å². The van der Waals surface area contributed by atoms with Crippen molar-refractivity contribution in [2.45, 2.75) is 71.4 Å². The molecule has 0 radical (unpaired) electrons. The van der Waals surface area contributed by atoms with Crippen LogP contribution >= 0.6 is 35.3 Å². The van der Waals surface area contributed by atoms with Crippen LogP contribution in [0, 0.1) is 0 Å². The summed E-state index contributed by atoms with van der Waals surface area (Å²) >= 11 is 1.74. The summed E-state index contributed by atoms with van der Waals surface area (Å²) in [5, 5.41) is 7.71. The first-order chi connectivity index (χ1) is 11.8. The number of aliphatic imine (C=N–C) groups is 1. The Balaban J connectivity index is 0.00000312. The van der Waals surface area contributed by atoms with E-state index in [9.17, 15) is 0 Å². The van der Waals surface area contributed by atoms with E-state index < -0.39 is 0 Å². The van der Waals surface area contributed by atoms with Crippen molar-refractivity contribution in [3.8, 4) is 0 Å². The molecule has 0 bridgehead atoms. The second-order valence-corrected chi connectivity index (χ2v) is 7.38. The van der Waals surface area contributed by atoms with Gasteiger partial charge in [0.25, 0.3) is 0 Å². The Morgan fingerprint density at radius 2 is 2.00 bits per heavy atom. The van der Waals surface area contributed by atoms with Crippen molar-refractivity contribution in [3.63, 3.8) is 0 Å². The van der Waals surface area contributed by atoms with Gasteiger partial charge in [0.05, 0.1) is 19.3 Å². The van der Waals surface area contributed by atoms with Crippen LogP contribution in [-0.4, -0.2) is 36.7 Å². The summed E-state index contributed by atoms with van der Waals surface area (Å²) in [5.41, 5.74) is 0. The Kier molecular flexibility index (Phi) is 12.4. The monoisotopic (exact) mass is 480 g/mol. The highest BCUT2D eigenvalue weighted by atomic mass is 127. The van der Waals surface area contributed by atoms with E-state index >= 15 is 0 Å². The number of thiazole rings is 1. The minimum atomic E-state index is 0. The smallest absolute Gasteiger partial charge is 0.191 e. The number of hydrogen-bond donors (Lipinski definition) is 2. The van der Waals surface area contributed by atoms with E-state index in [1.54, 1.807) is 11.3 Å². The van der Waals surface area contributed by atoms with Gasteiger partial charge < -0.3 is 15.4 Å². The van der Waals surface area contributed by atoms with Crippen LogP contribution < -0.4 is 10.6 Å². The molecule has 0 amide bonds. The fraction of sp³-hybridized carbons (Fsp3) is 0.778. The predicted molar refractivity (Wildman–Crippen MR) is 117 cm³/mol. The molecule has 1 aromatic heterocycles. The summed E-state index contributed by atoms with van der Waals surface area (Å²) in [6, 6.07) is 0. The Morgan fingerprint density at radius 1 is 1.24 bits per heavy atom. The largest absolute Gasteiger partial charge is 0.376 e. The maximum absolute atomic E-state index is 6.02. The maximum atomic E-state index is 6.02. The molecule has 144 valence electrons. The maximum Gasteiger partial charge on any atom is 0.191 e. The molecule has 0 saturated heterocycles. The van der Waals surface area contributed by atoms with Crippen LogP contribution in [0.15, 0.2) is 11.2 Å². The minimum absolute atomic E-state index is 0. The van der Waals surface area contributed by atoms with Crippen molar-refractivity contribution in [2.75, 3.05) is 19.7 Å². The predicted octanol–water partition coefficient (Wildman–Crippen LogP) is 4.12. The second kappa shape index (κ2) is 13.7. The summed E-state index contributed by atoms with van der Waals surface area (Å²) in [7, 11) is 0.